The van der Waals surface area contributed by atoms with Gasteiger partial charge >= 0.3 is 0 Å². The van der Waals surface area contributed by atoms with E-state index >= 15 is 0 Å². The number of halogens is 1. The molecule has 0 saturated carbocycles. The number of amides is 1. The normalized spacial score (nSPS) is 18.8. The Labute approximate surface area is 191 Å². The monoisotopic (exact) mass is 468 g/mol. The van der Waals surface area contributed by atoms with Gasteiger partial charge in [0.05, 0.1) is 40.6 Å². The number of hydrogen-bond acceptors (Lipinski definition) is 7. The number of methoxy groups -OCH3 is 2. The zero-order valence-corrected chi connectivity index (χ0v) is 19.2. The number of carbonyl (C=O) groups is 1. The van der Waals surface area contributed by atoms with E-state index < -0.39 is 0 Å². The summed E-state index contributed by atoms with van der Waals surface area (Å²) in [6.07, 6.45) is 2.50. The van der Waals surface area contributed by atoms with Crippen molar-refractivity contribution in [1.29, 1.82) is 0 Å². The van der Waals surface area contributed by atoms with Crippen molar-refractivity contribution < 1.29 is 19.7 Å². The summed E-state index contributed by atoms with van der Waals surface area (Å²) >= 11 is 7.84. The highest BCUT2D eigenvalue weighted by atomic mass is 35.5. The molecule has 1 aliphatic heterocycles. The van der Waals surface area contributed by atoms with Gasteiger partial charge < -0.3 is 26.0 Å². The molecular formula is C21H29ClN4O4S. The van der Waals surface area contributed by atoms with Gasteiger partial charge in [-0.15, -0.1) is 11.8 Å². The first-order valence-corrected chi connectivity index (χ1v) is 11.1. The number of piperidine rings is 1. The Morgan fingerprint density at radius 1 is 1.39 bits per heavy atom. The summed E-state index contributed by atoms with van der Waals surface area (Å²) < 4.78 is 11.0. The maximum Gasteiger partial charge on any atom is 0.255 e. The molecule has 8 nitrogen and oxygen atoms in total. The predicted molar refractivity (Wildman–Crippen MR) is 124 cm³/mol. The van der Waals surface area contributed by atoms with E-state index in [0.717, 1.165) is 36.8 Å². The van der Waals surface area contributed by atoms with Crippen molar-refractivity contribution in [3.05, 3.63) is 47.1 Å². The Hall–Kier alpha value is -2.04. The minimum absolute atomic E-state index is 0. The molecule has 1 aromatic carbocycles. The Morgan fingerprint density at radius 2 is 2.19 bits per heavy atom. The van der Waals surface area contributed by atoms with Crippen LogP contribution < -0.4 is 15.8 Å². The first-order valence-electron chi connectivity index (χ1n) is 9.74. The third kappa shape index (κ3) is 6.72. The number of hydrogen-bond donors (Lipinski definition) is 2. The quantitative estimate of drug-likeness (QED) is 0.449. The van der Waals surface area contributed by atoms with Crippen LogP contribution in [-0.4, -0.2) is 73.0 Å². The third-order valence-corrected chi connectivity index (χ3v) is 6.37. The SMILES string of the molecule is COc1cc(N)c(Cl)cc1C(=O)NC1CCN(CCSc2ccccn2)CC1OC.O. The molecule has 2 heterocycles. The largest absolute Gasteiger partial charge is 0.496 e. The van der Waals surface area contributed by atoms with Gasteiger partial charge in [-0.2, -0.15) is 0 Å². The number of benzene rings is 1. The number of carbonyl (C=O) groups excluding carboxylic acids is 1. The van der Waals surface area contributed by atoms with Crippen LogP contribution in [0.1, 0.15) is 16.8 Å². The second kappa shape index (κ2) is 12.1. The predicted octanol–water partition coefficient (Wildman–Crippen LogP) is 2.11. The van der Waals surface area contributed by atoms with Crippen LogP contribution in [0.15, 0.2) is 41.6 Å². The van der Waals surface area contributed by atoms with Gasteiger partial charge in [-0.3, -0.25) is 9.69 Å². The van der Waals surface area contributed by atoms with Gasteiger partial charge in [-0.25, -0.2) is 4.98 Å². The van der Waals surface area contributed by atoms with Crippen LogP contribution in [-0.2, 0) is 4.74 Å². The van der Waals surface area contributed by atoms with Crippen molar-refractivity contribution >= 4 is 35.0 Å². The number of anilines is 1. The van der Waals surface area contributed by atoms with Crippen molar-refractivity contribution in [3.8, 4) is 5.75 Å². The average Bonchev–Trinajstić information content (AvgIpc) is 2.76. The number of thioether (sulfide) groups is 1. The zero-order chi connectivity index (χ0) is 21.5. The molecule has 2 atom stereocenters. The molecule has 3 rings (SSSR count). The molecule has 1 amide bonds. The third-order valence-electron chi connectivity index (χ3n) is 5.12. The van der Waals surface area contributed by atoms with Gasteiger partial charge in [0.2, 0.25) is 0 Å². The Kier molecular flexibility index (Phi) is 9.86. The summed E-state index contributed by atoms with van der Waals surface area (Å²) in [5.74, 6) is 1.10. The fraction of sp³-hybridized carbons (Fsp3) is 0.429. The van der Waals surface area contributed by atoms with Crippen LogP contribution in [0.5, 0.6) is 5.75 Å². The van der Waals surface area contributed by atoms with Gasteiger partial charge in [-0.1, -0.05) is 17.7 Å². The molecule has 1 saturated heterocycles. The number of nitrogen functional groups attached to an aromatic ring is 1. The number of nitrogens with two attached hydrogens (primary N) is 1. The van der Waals surface area contributed by atoms with Crippen LogP contribution in [0.2, 0.25) is 5.02 Å². The van der Waals surface area contributed by atoms with Gasteiger partial charge in [0.1, 0.15) is 5.75 Å². The van der Waals surface area contributed by atoms with Crippen molar-refractivity contribution in [3.63, 3.8) is 0 Å². The number of likely N-dealkylation sites (tertiary alicyclic amines) is 1. The van der Waals surface area contributed by atoms with E-state index in [9.17, 15) is 4.79 Å². The molecule has 0 spiro atoms. The lowest BCUT2D eigenvalue weighted by atomic mass is 10.0. The summed E-state index contributed by atoms with van der Waals surface area (Å²) in [4.78, 5) is 19.5. The molecule has 170 valence electrons. The maximum absolute atomic E-state index is 12.9. The Morgan fingerprint density at radius 3 is 2.87 bits per heavy atom. The number of aromatic nitrogens is 1. The van der Waals surface area contributed by atoms with Crippen LogP contribution >= 0.6 is 23.4 Å². The highest BCUT2D eigenvalue weighted by molar-refractivity contribution is 7.99. The minimum atomic E-state index is -0.250. The number of pyridine rings is 1. The molecule has 10 heteroatoms. The second-order valence-electron chi connectivity index (χ2n) is 7.03. The van der Waals surface area contributed by atoms with Crippen LogP contribution in [0, 0.1) is 0 Å². The first kappa shape index (κ1) is 25.2. The van der Waals surface area contributed by atoms with Gasteiger partial charge in [0.15, 0.2) is 0 Å². The van der Waals surface area contributed by atoms with E-state index in [1.54, 1.807) is 31.1 Å². The van der Waals surface area contributed by atoms with Crippen molar-refractivity contribution in [2.45, 2.75) is 23.6 Å². The lowest BCUT2D eigenvalue weighted by molar-refractivity contribution is 0.00834. The summed E-state index contributed by atoms with van der Waals surface area (Å²) in [7, 11) is 3.18. The fourth-order valence-corrected chi connectivity index (χ4v) is 4.49. The molecule has 1 fully saturated rings. The summed E-state index contributed by atoms with van der Waals surface area (Å²) in [5, 5.41) is 4.43. The molecule has 0 radical (unpaired) electrons. The average molecular weight is 469 g/mol. The minimum Gasteiger partial charge on any atom is -0.496 e. The summed E-state index contributed by atoms with van der Waals surface area (Å²) in [6, 6.07) is 8.93. The number of rotatable bonds is 8. The van der Waals surface area contributed by atoms with E-state index in [0.29, 0.717) is 22.0 Å². The number of nitrogens with one attached hydrogen (secondary N) is 1. The molecule has 1 aliphatic rings. The topological polar surface area (TPSA) is 121 Å². The Balaban J connectivity index is 0.00000341. The van der Waals surface area contributed by atoms with Gasteiger partial charge in [-0.05, 0) is 24.6 Å². The molecule has 2 aromatic rings. The smallest absolute Gasteiger partial charge is 0.255 e. The van der Waals surface area contributed by atoms with Gasteiger partial charge in [0, 0.05) is 44.8 Å². The van der Waals surface area contributed by atoms with Crippen molar-refractivity contribution in [2.24, 2.45) is 0 Å². The number of nitrogens with zero attached hydrogens (tertiary/aromatic N) is 2. The van der Waals surface area contributed by atoms with Crippen molar-refractivity contribution in [2.75, 3.05) is 45.3 Å². The second-order valence-corrected chi connectivity index (χ2v) is 8.56. The lowest BCUT2D eigenvalue weighted by Crippen LogP contribution is -2.55. The van der Waals surface area contributed by atoms with Gasteiger partial charge in [0.25, 0.3) is 5.91 Å². The van der Waals surface area contributed by atoms with E-state index in [2.05, 4.69) is 15.2 Å². The fourth-order valence-electron chi connectivity index (χ4n) is 3.46. The molecule has 2 unspecified atom stereocenters. The van der Waals surface area contributed by atoms with E-state index in [-0.39, 0.29) is 23.5 Å². The highest BCUT2D eigenvalue weighted by Gasteiger charge is 2.31. The summed E-state index contributed by atoms with van der Waals surface area (Å²) in [5.41, 5.74) is 6.54. The molecule has 5 N–H and O–H groups in total. The zero-order valence-electron chi connectivity index (χ0n) is 17.6. The Bertz CT molecular complexity index is 859. The van der Waals surface area contributed by atoms with Crippen LogP contribution in [0.3, 0.4) is 0 Å². The molecular weight excluding hydrogens is 440 g/mol. The first-order chi connectivity index (χ1) is 14.5. The van der Waals surface area contributed by atoms with Crippen molar-refractivity contribution in [1.82, 2.24) is 15.2 Å². The molecule has 1 aromatic heterocycles. The van der Waals surface area contributed by atoms with E-state index in [1.807, 2.05) is 18.2 Å². The van der Waals surface area contributed by atoms with Crippen LogP contribution in [0.25, 0.3) is 0 Å². The molecule has 31 heavy (non-hydrogen) atoms. The molecule has 0 aliphatic carbocycles. The molecule has 0 bridgehead atoms. The highest BCUT2D eigenvalue weighted by Crippen LogP contribution is 2.29. The van der Waals surface area contributed by atoms with E-state index in [4.69, 9.17) is 26.8 Å². The van der Waals surface area contributed by atoms with E-state index in [1.165, 1.54) is 13.2 Å². The standard InChI is InChI=1S/C21H27ClN4O3S.H2O/c1-28-18-12-16(23)15(22)11-14(18)21(27)25-17-6-8-26(13-19(17)29-2)9-10-30-20-5-3-4-7-24-20;/h3-5,7,11-12,17,19H,6,8-10,13,23H2,1-2H3,(H,25,27);1H2. The van der Waals surface area contributed by atoms with Crippen LogP contribution in [0.4, 0.5) is 5.69 Å². The number of ether oxygens (including phenoxy) is 2. The maximum atomic E-state index is 12.9. The lowest BCUT2D eigenvalue weighted by Gasteiger charge is -2.38. The summed E-state index contributed by atoms with van der Waals surface area (Å²) in [6.45, 7) is 2.57.